The highest BCUT2D eigenvalue weighted by Crippen LogP contribution is 2.42. The number of fused-ring (bicyclic) bond motifs is 4. The van der Waals surface area contributed by atoms with Crippen molar-refractivity contribution in [1.82, 2.24) is 29.3 Å². The van der Waals surface area contributed by atoms with Crippen LogP contribution in [0.4, 0.5) is 17.5 Å². The molecule has 39 heavy (non-hydrogen) atoms. The fourth-order valence-corrected chi connectivity index (χ4v) is 7.25. The lowest BCUT2D eigenvalue weighted by atomic mass is 9.79. The summed E-state index contributed by atoms with van der Waals surface area (Å²) in [6, 6.07) is 6.76. The van der Waals surface area contributed by atoms with E-state index in [-0.39, 0.29) is 11.4 Å². The Morgan fingerprint density at radius 1 is 1.00 bits per heavy atom. The number of ether oxygens (including phenoxy) is 1. The Bertz CT molecular complexity index is 1340. The topological polar surface area (TPSA) is 91.7 Å². The predicted octanol–water partition coefficient (Wildman–Crippen LogP) is 3.62. The quantitative estimate of drug-likeness (QED) is 0.547. The van der Waals surface area contributed by atoms with E-state index >= 15 is 0 Å². The van der Waals surface area contributed by atoms with Gasteiger partial charge in [-0.25, -0.2) is 9.97 Å². The van der Waals surface area contributed by atoms with Crippen LogP contribution in [0.25, 0.3) is 11.0 Å². The third-order valence-corrected chi connectivity index (χ3v) is 9.28. The molecule has 1 aliphatic carbocycles. The van der Waals surface area contributed by atoms with Gasteiger partial charge in [-0.1, -0.05) is 19.3 Å². The third kappa shape index (κ3) is 4.53. The number of morpholine rings is 1. The number of aromatic nitrogens is 4. The first-order chi connectivity index (χ1) is 19.1. The molecule has 3 aromatic rings. The van der Waals surface area contributed by atoms with Crippen molar-refractivity contribution in [2.24, 2.45) is 0 Å². The predicted molar refractivity (Wildman–Crippen MR) is 151 cm³/mol. The summed E-state index contributed by atoms with van der Waals surface area (Å²) in [5.41, 5.74) is 2.64. The Kier molecular flexibility index (Phi) is 6.39. The number of hydrogen-bond acceptors (Lipinski definition) is 8. The van der Waals surface area contributed by atoms with Gasteiger partial charge >= 0.3 is 0 Å². The molecule has 3 fully saturated rings. The molecule has 1 spiro atoms. The van der Waals surface area contributed by atoms with Gasteiger partial charge in [0, 0.05) is 57.4 Å². The first kappa shape index (κ1) is 24.8. The van der Waals surface area contributed by atoms with Crippen LogP contribution in [0.2, 0.25) is 0 Å². The Morgan fingerprint density at radius 3 is 2.54 bits per heavy atom. The molecule has 6 heterocycles. The Labute approximate surface area is 229 Å². The molecule has 206 valence electrons. The summed E-state index contributed by atoms with van der Waals surface area (Å²) in [5.74, 6) is 1.28. The number of carbonyl (C=O) groups is 1. The van der Waals surface area contributed by atoms with Crippen molar-refractivity contribution < 1.29 is 9.53 Å². The fraction of sp³-hybridized carbons (Fsp3) is 0.586. The Morgan fingerprint density at radius 2 is 1.79 bits per heavy atom. The smallest absolute Gasteiger partial charge is 0.270 e. The van der Waals surface area contributed by atoms with Crippen molar-refractivity contribution in [3.63, 3.8) is 0 Å². The average Bonchev–Trinajstić information content (AvgIpc) is 3.38. The molecule has 0 atom stereocenters. The van der Waals surface area contributed by atoms with E-state index in [0.717, 1.165) is 87.0 Å². The van der Waals surface area contributed by atoms with Gasteiger partial charge in [0.25, 0.3) is 5.91 Å². The molecule has 4 aliphatic rings. The number of likely N-dealkylation sites (N-methyl/N-ethyl adjacent to an activating group) is 1. The minimum absolute atomic E-state index is 0.0601. The third-order valence-electron chi connectivity index (χ3n) is 9.28. The van der Waals surface area contributed by atoms with Crippen molar-refractivity contribution in [2.45, 2.75) is 56.5 Å². The molecule has 3 aliphatic heterocycles. The summed E-state index contributed by atoms with van der Waals surface area (Å²) in [4.78, 5) is 34.1. The van der Waals surface area contributed by atoms with E-state index in [1.165, 1.54) is 32.1 Å². The molecule has 1 saturated carbocycles. The van der Waals surface area contributed by atoms with Gasteiger partial charge in [-0.3, -0.25) is 9.69 Å². The molecule has 1 N–H and O–H groups in total. The molecule has 0 radical (unpaired) electrons. The van der Waals surface area contributed by atoms with Gasteiger partial charge in [-0.15, -0.1) is 0 Å². The van der Waals surface area contributed by atoms with E-state index in [9.17, 15) is 4.79 Å². The van der Waals surface area contributed by atoms with Gasteiger partial charge in [0.05, 0.1) is 30.6 Å². The number of piperidine rings is 1. The maximum Gasteiger partial charge on any atom is 0.270 e. The summed E-state index contributed by atoms with van der Waals surface area (Å²) in [6.45, 7) is 6.66. The van der Waals surface area contributed by atoms with Crippen LogP contribution in [0.3, 0.4) is 0 Å². The van der Waals surface area contributed by atoms with Gasteiger partial charge < -0.3 is 24.4 Å². The molecule has 2 saturated heterocycles. The van der Waals surface area contributed by atoms with Crippen LogP contribution >= 0.6 is 0 Å². The zero-order valence-electron chi connectivity index (χ0n) is 22.8. The van der Waals surface area contributed by atoms with E-state index in [0.29, 0.717) is 12.0 Å². The second-order valence-electron chi connectivity index (χ2n) is 11.7. The minimum Gasteiger partial charge on any atom is -0.379 e. The molecule has 10 heteroatoms. The number of nitrogens with one attached hydrogen (secondary N) is 1. The number of amides is 1. The fourth-order valence-electron chi connectivity index (χ4n) is 7.25. The maximum atomic E-state index is 13.1. The Hall–Kier alpha value is -3.24. The van der Waals surface area contributed by atoms with E-state index in [4.69, 9.17) is 14.7 Å². The molecule has 0 unspecified atom stereocenters. The number of hydrogen-bond donors (Lipinski definition) is 1. The van der Waals surface area contributed by atoms with E-state index < -0.39 is 0 Å². The lowest BCUT2D eigenvalue weighted by Crippen LogP contribution is -2.53. The summed E-state index contributed by atoms with van der Waals surface area (Å²) in [7, 11) is 1.92. The summed E-state index contributed by atoms with van der Waals surface area (Å²) in [5, 5.41) is 4.22. The van der Waals surface area contributed by atoms with Crippen molar-refractivity contribution in [3.05, 3.63) is 36.3 Å². The first-order valence-corrected chi connectivity index (χ1v) is 14.5. The lowest BCUT2D eigenvalue weighted by Gasteiger charge is -2.45. The van der Waals surface area contributed by atoms with Gasteiger partial charge in [-0.2, -0.15) is 4.98 Å². The highest BCUT2D eigenvalue weighted by Gasteiger charge is 2.43. The largest absolute Gasteiger partial charge is 0.379 e. The SMILES string of the molecule is CN1CC2(CCCCC2)n2c(cc3cnc(Nc4ccc(N5CCC(N6CCOCC6)CC5)cn4)nc32)C1=O. The lowest BCUT2D eigenvalue weighted by molar-refractivity contribution is 0.0115. The zero-order chi connectivity index (χ0) is 26.4. The van der Waals surface area contributed by atoms with Crippen molar-refractivity contribution in [3.8, 4) is 0 Å². The monoisotopic (exact) mass is 530 g/mol. The van der Waals surface area contributed by atoms with Gasteiger partial charge in [0.15, 0.2) is 0 Å². The second kappa shape index (κ2) is 10.1. The normalized spacial score (nSPS) is 22.4. The van der Waals surface area contributed by atoms with Crippen LogP contribution in [0.1, 0.15) is 55.4 Å². The zero-order valence-corrected chi connectivity index (χ0v) is 22.8. The highest BCUT2D eigenvalue weighted by molar-refractivity contribution is 5.99. The van der Waals surface area contributed by atoms with Crippen LogP contribution in [-0.4, -0.2) is 94.3 Å². The number of carbonyl (C=O) groups excluding carboxylic acids is 1. The molecular weight excluding hydrogens is 492 g/mol. The molecule has 10 nitrogen and oxygen atoms in total. The van der Waals surface area contributed by atoms with E-state index in [1.807, 2.05) is 36.5 Å². The van der Waals surface area contributed by atoms with Crippen LogP contribution in [0, 0.1) is 0 Å². The van der Waals surface area contributed by atoms with E-state index in [2.05, 4.69) is 30.7 Å². The minimum atomic E-state index is -0.0846. The van der Waals surface area contributed by atoms with Crippen LogP contribution in [0.15, 0.2) is 30.6 Å². The number of pyridine rings is 1. The molecule has 1 amide bonds. The van der Waals surface area contributed by atoms with Crippen molar-refractivity contribution in [2.75, 3.05) is 63.2 Å². The summed E-state index contributed by atoms with van der Waals surface area (Å²) in [6.07, 6.45) is 11.9. The van der Waals surface area contributed by atoms with Crippen LogP contribution in [-0.2, 0) is 10.3 Å². The molecule has 0 aromatic carbocycles. The molecule has 3 aromatic heterocycles. The number of rotatable bonds is 4. The summed E-state index contributed by atoms with van der Waals surface area (Å²) < 4.78 is 7.75. The number of nitrogens with zero attached hydrogens (tertiary/aromatic N) is 7. The molecule has 0 bridgehead atoms. The van der Waals surface area contributed by atoms with Gasteiger partial charge in [0.2, 0.25) is 5.95 Å². The average molecular weight is 531 g/mol. The van der Waals surface area contributed by atoms with Crippen molar-refractivity contribution in [1.29, 1.82) is 0 Å². The Balaban J connectivity index is 1.08. The summed E-state index contributed by atoms with van der Waals surface area (Å²) >= 11 is 0. The second-order valence-corrected chi connectivity index (χ2v) is 11.7. The van der Waals surface area contributed by atoms with E-state index in [1.54, 1.807) is 0 Å². The number of anilines is 3. The van der Waals surface area contributed by atoms with Gasteiger partial charge in [-0.05, 0) is 43.9 Å². The maximum absolute atomic E-state index is 13.1. The molecular formula is C29H38N8O2. The van der Waals surface area contributed by atoms with Gasteiger partial charge in [0.1, 0.15) is 17.2 Å². The van der Waals surface area contributed by atoms with Crippen LogP contribution < -0.4 is 10.2 Å². The standard InChI is InChI=1S/C29H38N8O2/c1-34-20-29(9-3-2-4-10-29)37-24(27(34)38)17-21-18-31-28(33-26(21)37)32-25-6-5-23(19-30-25)35-11-7-22(8-12-35)36-13-15-39-16-14-36/h5-6,17-19,22H,2-4,7-16,20H2,1H3,(H,30,31,32,33). The first-order valence-electron chi connectivity index (χ1n) is 14.5. The highest BCUT2D eigenvalue weighted by atomic mass is 16.5. The molecule has 7 rings (SSSR count). The van der Waals surface area contributed by atoms with Crippen molar-refractivity contribution >= 4 is 34.4 Å². The van der Waals surface area contributed by atoms with Crippen LogP contribution in [0.5, 0.6) is 0 Å².